The van der Waals surface area contributed by atoms with Crippen molar-refractivity contribution in [2.24, 2.45) is 0 Å². The van der Waals surface area contributed by atoms with E-state index in [1.54, 1.807) is 0 Å². The first-order valence-corrected chi connectivity index (χ1v) is 7.35. The molecule has 0 aliphatic carbocycles. The highest BCUT2D eigenvalue weighted by molar-refractivity contribution is 5.73. The topological polar surface area (TPSA) is 37.8 Å². The van der Waals surface area contributed by atoms with Crippen LogP contribution in [0.15, 0.2) is 54.7 Å². The van der Waals surface area contributed by atoms with Crippen LogP contribution < -0.4 is 5.32 Å². The Morgan fingerprint density at radius 1 is 0.857 bits per heavy atom. The smallest absolute Gasteiger partial charge is 0.0890 e. The zero-order valence-corrected chi connectivity index (χ0v) is 12.2. The predicted octanol–water partition coefficient (Wildman–Crippen LogP) is 3.48. The van der Waals surface area contributed by atoms with E-state index in [9.17, 15) is 0 Å². The van der Waals surface area contributed by atoms with Crippen molar-refractivity contribution in [1.82, 2.24) is 15.3 Å². The number of hydrogen-bond acceptors (Lipinski definition) is 3. The molecule has 0 amide bonds. The van der Waals surface area contributed by atoms with E-state index in [2.05, 4.69) is 46.5 Å². The maximum atomic E-state index is 4.62. The number of nitrogens with zero attached hydrogens (tertiary/aromatic N) is 2. The van der Waals surface area contributed by atoms with Crippen molar-refractivity contribution in [2.75, 3.05) is 0 Å². The van der Waals surface area contributed by atoms with Gasteiger partial charge < -0.3 is 5.32 Å². The molecule has 3 heteroatoms. The minimum atomic E-state index is 0.732. The highest BCUT2D eigenvalue weighted by Gasteiger charge is 2.01. The highest BCUT2D eigenvalue weighted by Crippen LogP contribution is 2.10. The summed E-state index contributed by atoms with van der Waals surface area (Å²) >= 11 is 0. The van der Waals surface area contributed by atoms with Crippen LogP contribution in [0.4, 0.5) is 0 Å². The van der Waals surface area contributed by atoms with E-state index in [-0.39, 0.29) is 0 Å². The fourth-order valence-corrected chi connectivity index (χ4v) is 2.48. The Balaban J connectivity index is 1.66. The average molecular weight is 277 g/mol. The maximum absolute atomic E-state index is 4.62. The molecule has 0 saturated carbocycles. The number of benzene rings is 2. The van der Waals surface area contributed by atoms with Gasteiger partial charge in [0.25, 0.3) is 0 Å². The van der Waals surface area contributed by atoms with Crippen LogP contribution in [-0.4, -0.2) is 9.97 Å². The van der Waals surface area contributed by atoms with E-state index in [1.807, 2.05) is 30.5 Å². The van der Waals surface area contributed by atoms with Crippen LogP contribution in [0.3, 0.4) is 0 Å². The summed E-state index contributed by atoms with van der Waals surface area (Å²) in [4.78, 5) is 9.06. The monoisotopic (exact) mass is 277 g/mol. The van der Waals surface area contributed by atoms with Crippen molar-refractivity contribution in [2.45, 2.75) is 26.4 Å². The number of hydrogen-bond donors (Lipinski definition) is 1. The van der Waals surface area contributed by atoms with E-state index in [0.29, 0.717) is 0 Å². The minimum absolute atomic E-state index is 0.732. The van der Waals surface area contributed by atoms with Crippen LogP contribution >= 0.6 is 0 Å². The van der Waals surface area contributed by atoms with Crippen LogP contribution in [0.2, 0.25) is 0 Å². The molecule has 3 aromatic rings. The summed E-state index contributed by atoms with van der Waals surface area (Å²) < 4.78 is 0. The molecule has 0 unspecified atom stereocenters. The molecule has 0 spiro atoms. The molecule has 0 atom stereocenters. The molecule has 0 bridgehead atoms. The molecule has 1 heterocycles. The fraction of sp³-hybridized carbons (Fsp3) is 0.222. The lowest BCUT2D eigenvalue weighted by molar-refractivity contribution is 0.675. The van der Waals surface area contributed by atoms with E-state index in [0.717, 1.165) is 36.2 Å². The lowest BCUT2D eigenvalue weighted by Gasteiger charge is -2.09. The largest absolute Gasteiger partial charge is 0.307 e. The van der Waals surface area contributed by atoms with Crippen LogP contribution in [0.5, 0.6) is 0 Å². The number of para-hydroxylation sites is 2. The Morgan fingerprint density at radius 2 is 1.57 bits per heavy atom. The van der Waals surface area contributed by atoms with E-state index in [4.69, 9.17) is 0 Å². The van der Waals surface area contributed by atoms with Gasteiger partial charge in [-0.25, -0.2) is 4.98 Å². The van der Waals surface area contributed by atoms with Gasteiger partial charge in [-0.15, -0.1) is 0 Å². The molecule has 0 saturated heterocycles. The molecule has 106 valence electrons. The second-order valence-electron chi connectivity index (χ2n) is 5.08. The molecular formula is C18H19N3. The second-order valence-corrected chi connectivity index (χ2v) is 5.08. The van der Waals surface area contributed by atoms with E-state index >= 15 is 0 Å². The van der Waals surface area contributed by atoms with Gasteiger partial charge in [0.2, 0.25) is 0 Å². The molecule has 0 fully saturated rings. The van der Waals surface area contributed by atoms with Gasteiger partial charge in [0.15, 0.2) is 0 Å². The molecule has 2 aromatic carbocycles. The molecule has 3 nitrogen and oxygen atoms in total. The standard InChI is InChI=1S/C18H19N3/c1-2-14-7-3-4-8-15(14)11-19-12-16-13-20-17-9-5-6-10-18(17)21-16/h3-10,13,19H,2,11-12H2,1H3. The Hall–Kier alpha value is -2.26. The van der Waals surface area contributed by atoms with E-state index in [1.165, 1.54) is 11.1 Å². The van der Waals surface area contributed by atoms with Crippen molar-refractivity contribution >= 4 is 11.0 Å². The summed E-state index contributed by atoms with van der Waals surface area (Å²) in [5.41, 5.74) is 5.62. The fourth-order valence-electron chi connectivity index (χ4n) is 2.48. The third-order valence-electron chi connectivity index (χ3n) is 3.62. The third-order valence-corrected chi connectivity index (χ3v) is 3.62. The van der Waals surface area contributed by atoms with Crippen LogP contribution in [-0.2, 0) is 19.5 Å². The minimum Gasteiger partial charge on any atom is -0.307 e. The molecule has 1 N–H and O–H groups in total. The zero-order valence-electron chi connectivity index (χ0n) is 12.2. The summed E-state index contributed by atoms with van der Waals surface area (Å²) in [5.74, 6) is 0. The molecule has 0 radical (unpaired) electrons. The highest BCUT2D eigenvalue weighted by atomic mass is 14.9. The molecule has 21 heavy (non-hydrogen) atoms. The number of nitrogens with one attached hydrogen (secondary N) is 1. The van der Waals surface area contributed by atoms with Gasteiger partial charge in [0.05, 0.1) is 22.9 Å². The first-order valence-electron chi connectivity index (χ1n) is 7.35. The third kappa shape index (κ3) is 3.26. The molecule has 1 aromatic heterocycles. The van der Waals surface area contributed by atoms with Crippen molar-refractivity contribution in [3.8, 4) is 0 Å². The van der Waals surface area contributed by atoms with Crippen molar-refractivity contribution in [3.63, 3.8) is 0 Å². The van der Waals surface area contributed by atoms with Crippen LogP contribution in [0.1, 0.15) is 23.7 Å². The van der Waals surface area contributed by atoms with Gasteiger partial charge in [0.1, 0.15) is 0 Å². The zero-order chi connectivity index (χ0) is 14.5. The Bertz CT molecular complexity index is 737. The first-order chi connectivity index (χ1) is 10.4. The van der Waals surface area contributed by atoms with Gasteiger partial charge in [0, 0.05) is 13.1 Å². The van der Waals surface area contributed by atoms with Crippen LogP contribution in [0, 0.1) is 0 Å². The lowest BCUT2D eigenvalue weighted by Crippen LogP contribution is -2.15. The Morgan fingerprint density at radius 3 is 2.38 bits per heavy atom. The molecule has 0 aliphatic rings. The molecule has 0 aliphatic heterocycles. The molecular weight excluding hydrogens is 258 g/mol. The summed E-state index contributed by atoms with van der Waals surface area (Å²) in [5, 5.41) is 3.45. The summed E-state index contributed by atoms with van der Waals surface area (Å²) in [6.07, 6.45) is 2.91. The van der Waals surface area contributed by atoms with Crippen molar-refractivity contribution < 1.29 is 0 Å². The number of fused-ring (bicyclic) bond motifs is 1. The van der Waals surface area contributed by atoms with Gasteiger partial charge in [-0.3, -0.25) is 4.98 Å². The van der Waals surface area contributed by atoms with Gasteiger partial charge in [-0.2, -0.15) is 0 Å². The van der Waals surface area contributed by atoms with Gasteiger partial charge in [-0.1, -0.05) is 43.3 Å². The Kier molecular flexibility index (Phi) is 4.22. The summed E-state index contributed by atoms with van der Waals surface area (Å²) in [6.45, 7) is 3.78. The number of rotatable bonds is 5. The van der Waals surface area contributed by atoms with Crippen LogP contribution in [0.25, 0.3) is 11.0 Å². The normalized spacial score (nSPS) is 10.9. The predicted molar refractivity (Wildman–Crippen MR) is 85.9 cm³/mol. The second kappa shape index (κ2) is 6.46. The number of aromatic nitrogens is 2. The maximum Gasteiger partial charge on any atom is 0.0890 e. The molecule has 3 rings (SSSR count). The quantitative estimate of drug-likeness (QED) is 0.776. The summed E-state index contributed by atoms with van der Waals surface area (Å²) in [7, 11) is 0. The average Bonchev–Trinajstić information content (AvgIpc) is 2.55. The SMILES string of the molecule is CCc1ccccc1CNCc1cnc2ccccc2n1. The van der Waals surface area contributed by atoms with Crippen molar-refractivity contribution in [1.29, 1.82) is 0 Å². The van der Waals surface area contributed by atoms with Gasteiger partial charge in [-0.05, 0) is 29.7 Å². The lowest BCUT2D eigenvalue weighted by atomic mass is 10.1. The summed E-state index contributed by atoms with van der Waals surface area (Å²) in [6, 6.07) is 16.5. The van der Waals surface area contributed by atoms with Gasteiger partial charge >= 0.3 is 0 Å². The van der Waals surface area contributed by atoms with E-state index < -0.39 is 0 Å². The first kappa shape index (κ1) is 13.7. The Labute approximate surface area is 125 Å². The number of aryl methyl sites for hydroxylation is 1. The van der Waals surface area contributed by atoms with Crippen molar-refractivity contribution in [3.05, 3.63) is 71.5 Å².